The minimum absolute atomic E-state index is 0.221. The van der Waals surface area contributed by atoms with Gasteiger partial charge in [-0.05, 0) is 57.2 Å². The van der Waals surface area contributed by atoms with Crippen LogP contribution in [0.4, 0.5) is 4.39 Å². The number of hydrogen-bond acceptors (Lipinski definition) is 2. The topological polar surface area (TPSA) is 39.1 Å². The number of aromatic nitrogens is 1. The second-order valence-corrected chi connectivity index (χ2v) is 6.06. The van der Waals surface area contributed by atoms with Gasteiger partial charge in [0.2, 0.25) is 0 Å². The molecule has 0 aliphatic rings. The molecule has 0 aliphatic heterocycles. The number of pyridine rings is 1. The van der Waals surface area contributed by atoms with E-state index in [0.29, 0.717) is 17.7 Å². The normalized spacial score (nSPS) is 10.8. The van der Waals surface area contributed by atoms with Gasteiger partial charge in [-0.3, -0.25) is 9.59 Å². The van der Waals surface area contributed by atoms with Crippen LogP contribution in [0.1, 0.15) is 46.1 Å². The number of benzene rings is 1. The van der Waals surface area contributed by atoms with Crippen molar-refractivity contribution in [1.29, 1.82) is 0 Å². The number of carbonyl (C=O) groups is 1. The summed E-state index contributed by atoms with van der Waals surface area (Å²) in [6.45, 7) is 5.54. The Hall–Kier alpha value is -2.23. The van der Waals surface area contributed by atoms with Crippen molar-refractivity contribution in [3.05, 3.63) is 68.4 Å². The average molecular weight is 315 g/mol. The van der Waals surface area contributed by atoms with E-state index in [9.17, 15) is 14.0 Å². The first-order valence-corrected chi connectivity index (χ1v) is 7.76. The molecule has 0 atom stereocenters. The fourth-order valence-corrected chi connectivity index (χ4v) is 2.92. The second kappa shape index (κ2) is 6.90. The zero-order valence-electron chi connectivity index (χ0n) is 14.1. The van der Waals surface area contributed by atoms with Crippen LogP contribution < -0.4 is 5.56 Å². The van der Waals surface area contributed by atoms with E-state index in [2.05, 4.69) is 32.0 Å². The maximum atomic E-state index is 13.6. The SMILES string of the molecule is CC(=O)c1cc(F)c(=O)n(C)c1CCCc1ccc(C)cc1C. The molecule has 0 unspecified atom stereocenters. The van der Waals surface area contributed by atoms with Crippen molar-refractivity contribution in [2.24, 2.45) is 7.05 Å². The Morgan fingerprint density at radius 2 is 1.87 bits per heavy atom. The van der Waals surface area contributed by atoms with Crippen LogP contribution >= 0.6 is 0 Å². The van der Waals surface area contributed by atoms with Gasteiger partial charge in [0.1, 0.15) is 0 Å². The monoisotopic (exact) mass is 315 g/mol. The summed E-state index contributed by atoms with van der Waals surface area (Å²) < 4.78 is 14.8. The molecule has 4 heteroatoms. The van der Waals surface area contributed by atoms with Gasteiger partial charge in [0.25, 0.3) is 5.56 Å². The Bertz CT molecular complexity index is 806. The van der Waals surface area contributed by atoms with E-state index in [1.807, 2.05) is 0 Å². The smallest absolute Gasteiger partial charge is 0.286 e. The number of hydrogen-bond donors (Lipinski definition) is 0. The van der Waals surface area contributed by atoms with Crippen LogP contribution in [-0.4, -0.2) is 10.4 Å². The van der Waals surface area contributed by atoms with Crippen molar-refractivity contribution in [2.75, 3.05) is 0 Å². The summed E-state index contributed by atoms with van der Waals surface area (Å²) in [6, 6.07) is 7.40. The van der Waals surface area contributed by atoms with E-state index in [1.165, 1.54) is 35.2 Å². The van der Waals surface area contributed by atoms with Crippen LogP contribution in [0, 0.1) is 19.7 Å². The molecule has 0 aliphatic carbocycles. The minimum atomic E-state index is -0.879. The predicted octanol–water partition coefficient (Wildman–Crippen LogP) is 3.52. The van der Waals surface area contributed by atoms with Crippen LogP contribution in [-0.2, 0) is 19.9 Å². The highest BCUT2D eigenvalue weighted by Crippen LogP contribution is 2.16. The van der Waals surface area contributed by atoms with Gasteiger partial charge in [-0.2, -0.15) is 0 Å². The third kappa shape index (κ3) is 3.76. The molecule has 0 saturated carbocycles. The van der Waals surface area contributed by atoms with Crippen molar-refractivity contribution >= 4 is 5.78 Å². The largest absolute Gasteiger partial charge is 0.312 e. The van der Waals surface area contributed by atoms with E-state index >= 15 is 0 Å². The van der Waals surface area contributed by atoms with Crippen LogP contribution in [0.15, 0.2) is 29.1 Å². The molecule has 122 valence electrons. The van der Waals surface area contributed by atoms with Crippen LogP contribution in [0.3, 0.4) is 0 Å². The summed E-state index contributed by atoms with van der Waals surface area (Å²) in [5.41, 5.74) is 3.94. The minimum Gasteiger partial charge on any atom is -0.312 e. The van der Waals surface area contributed by atoms with Gasteiger partial charge in [0, 0.05) is 18.3 Å². The van der Waals surface area contributed by atoms with Crippen molar-refractivity contribution < 1.29 is 9.18 Å². The molecule has 0 N–H and O–H groups in total. The molecule has 0 spiro atoms. The Labute approximate surface area is 135 Å². The fourth-order valence-electron chi connectivity index (χ4n) is 2.92. The summed E-state index contributed by atoms with van der Waals surface area (Å²) in [5.74, 6) is -1.10. The molecule has 0 bridgehead atoms. The van der Waals surface area contributed by atoms with Gasteiger partial charge >= 0.3 is 0 Å². The molecule has 0 fully saturated rings. The number of nitrogens with zero attached hydrogens (tertiary/aromatic N) is 1. The van der Waals surface area contributed by atoms with E-state index in [4.69, 9.17) is 0 Å². The highest BCUT2D eigenvalue weighted by molar-refractivity contribution is 5.95. The lowest BCUT2D eigenvalue weighted by molar-refractivity contribution is 0.101. The molecule has 1 aromatic carbocycles. The van der Waals surface area contributed by atoms with E-state index in [-0.39, 0.29) is 5.78 Å². The van der Waals surface area contributed by atoms with Gasteiger partial charge in [0.15, 0.2) is 11.6 Å². The predicted molar refractivity (Wildman–Crippen MR) is 89.6 cm³/mol. The summed E-state index contributed by atoms with van der Waals surface area (Å²) in [6.07, 6.45) is 2.21. The zero-order valence-corrected chi connectivity index (χ0v) is 14.1. The van der Waals surface area contributed by atoms with Gasteiger partial charge in [-0.15, -0.1) is 0 Å². The quantitative estimate of drug-likeness (QED) is 0.792. The van der Waals surface area contributed by atoms with Crippen LogP contribution in [0.25, 0.3) is 0 Å². The van der Waals surface area contributed by atoms with Crippen molar-refractivity contribution in [1.82, 2.24) is 4.57 Å². The van der Waals surface area contributed by atoms with Gasteiger partial charge < -0.3 is 4.57 Å². The Kier molecular flexibility index (Phi) is 5.14. The molecule has 23 heavy (non-hydrogen) atoms. The van der Waals surface area contributed by atoms with E-state index in [0.717, 1.165) is 18.9 Å². The van der Waals surface area contributed by atoms with E-state index < -0.39 is 11.4 Å². The number of rotatable bonds is 5. The number of aryl methyl sites for hydroxylation is 3. The first-order chi connectivity index (χ1) is 10.8. The third-order valence-electron chi connectivity index (χ3n) is 4.23. The standard InChI is InChI=1S/C19H22FNO2/c1-12-8-9-15(13(2)10-12)6-5-7-18-16(14(3)22)11-17(20)19(23)21(18)4/h8-11H,5-7H2,1-4H3. The molecule has 0 amide bonds. The molecule has 0 saturated heterocycles. The molecule has 2 aromatic rings. The second-order valence-electron chi connectivity index (χ2n) is 6.06. The molecule has 3 nitrogen and oxygen atoms in total. The maximum Gasteiger partial charge on any atom is 0.286 e. The van der Waals surface area contributed by atoms with Crippen LogP contribution in [0.2, 0.25) is 0 Å². The Morgan fingerprint density at radius 3 is 2.48 bits per heavy atom. The summed E-state index contributed by atoms with van der Waals surface area (Å²) in [4.78, 5) is 23.5. The molecule has 1 heterocycles. The lowest BCUT2D eigenvalue weighted by atomic mass is 9.98. The third-order valence-corrected chi connectivity index (χ3v) is 4.23. The van der Waals surface area contributed by atoms with Crippen molar-refractivity contribution in [2.45, 2.75) is 40.0 Å². The molecule has 2 rings (SSSR count). The maximum absolute atomic E-state index is 13.6. The Morgan fingerprint density at radius 1 is 1.17 bits per heavy atom. The molecular weight excluding hydrogens is 293 g/mol. The van der Waals surface area contributed by atoms with Crippen molar-refractivity contribution in [3.8, 4) is 0 Å². The fraction of sp³-hybridized carbons (Fsp3) is 0.368. The van der Waals surface area contributed by atoms with E-state index in [1.54, 1.807) is 0 Å². The highest BCUT2D eigenvalue weighted by Gasteiger charge is 2.15. The van der Waals surface area contributed by atoms with Crippen LogP contribution in [0.5, 0.6) is 0 Å². The Balaban J connectivity index is 2.22. The highest BCUT2D eigenvalue weighted by atomic mass is 19.1. The first-order valence-electron chi connectivity index (χ1n) is 7.76. The number of ketones is 1. The zero-order chi connectivity index (χ0) is 17.1. The first kappa shape index (κ1) is 17.1. The number of Topliss-reactive ketones (excluding diaryl/α,β-unsaturated/α-hetero) is 1. The lowest BCUT2D eigenvalue weighted by Gasteiger charge is -2.13. The van der Waals surface area contributed by atoms with Gasteiger partial charge in [-0.25, -0.2) is 4.39 Å². The lowest BCUT2D eigenvalue weighted by Crippen LogP contribution is -2.26. The summed E-state index contributed by atoms with van der Waals surface area (Å²) in [7, 11) is 1.52. The summed E-state index contributed by atoms with van der Waals surface area (Å²) >= 11 is 0. The summed E-state index contributed by atoms with van der Waals surface area (Å²) in [5, 5.41) is 0. The number of halogens is 1. The average Bonchev–Trinajstić information content (AvgIpc) is 2.48. The van der Waals surface area contributed by atoms with Gasteiger partial charge in [-0.1, -0.05) is 23.8 Å². The van der Waals surface area contributed by atoms with Crippen molar-refractivity contribution in [3.63, 3.8) is 0 Å². The number of carbonyl (C=O) groups excluding carboxylic acids is 1. The molecular formula is C19H22FNO2. The van der Waals surface area contributed by atoms with Gasteiger partial charge in [0.05, 0.1) is 0 Å². The molecule has 1 aromatic heterocycles. The molecule has 0 radical (unpaired) electrons.